The summed E-state index contributed by atoms with van der Waals surface area (Å²) in [5, 5.41) is 8.74. The lowest BCUT2D eigenvalue weighted by molar-refractivity contribution is -0.129. The molecule has 1 saturated heterocycles. The van der Waals surface area contributed by atoms with Crippen LogP contribution in [0.15, 0.2) is 0 Å². The van der Waals surface area contributed by atoms with Gasteiger partial charge in [0.15, 0.2) is 0 Å². The van der Waals surface area contributed by atoms with E-state index in [0.717, 1.165) is 6.42 Å². The fourth-order valence-corrected chi connectivity index (χ4v) is 1.23. The summed E-state index contributed by atoms with van der Waals surface area (Å²) in [6, 6.07) is -0.0301. The first-order valence-electron chi connectivity index (χ1n) is 3.40. The highest BCUT2D eigenvalue weighted by atomic mass is 16.3. The Labute approximate surface area is 59.6 Å². The van der Waals surface area contributed by atoms with Crippen LogP contribution < -0.4 is 5.73 Å². The molecule has 1 amide bonds. The zero-order chi connectivity index (χ0) is 7.56. The van der Waals surface area contributed by atoms with Gasteiger partial charge in [-0.25, -0.2) is 0 Å². The molecule has 1 rings (SSSR count). The molecule has 0 bridgehead atoms. The van der Waals surface area contributed by atoms with Crippen LogP contribution in [0.1, 0.15) is 12.8 Å². The van der Waals surface area contributed by atoms with Gasteiger partial charge in [-0.3, -0.25) is 4.79 Å². The first-order valence-corrected chi connectivity index (χ1v) is 3.40. The van der Waals surface area contributed by atoms with Crippen molar-refractivity contribution in [1.29, 1.82) is 0 Å². The number of carbonyl (C=O) groups excluding carboxylic acids is 1. The molecule has 1 aliphatic heterocycles. The molecule has 1 aliphatic rings. The zero-order valence-corrected chi connectivity index (χ0v) is 5.79. The van der Waals surface area contributed by atoms with E-state index in [0.29, 0.717) is 6.42 Å². The number of likely N-dealkylation sites (tertiary alicyclic amines) is 1. The van der Waals surface area contributed by atoms with E-state index in [-0.39, 0.29) is 25.2 Å². The molecule has 4 heteroatoms. The second-order valence-corrected chi connectivity index (χ2v) is 2.42. The Kier molecular flexibility index (Phi) is 2.24. The van der Waals surface area contributed by atoms with Crippen LogP contribution in [0.25, 0.3) is 0 Å². The molecule has 3 N–H and O–H groups in total. The maximum Gasteiger partial charge on any atom is 0.223 e. The van der Waals surface area contributed by atoms with Gasteiger partial charge >= 0.3 is 0 Å². The summed E-state index contributed by atoms with van der Waals surface area (Å²) < 4.78 is 0. The van der Waals surface area contributed by atoms with E-state index in [1.807, 2.05) is 0 Å². The molecule has 0 saturated carbocycles. The van der Waals surface area contributed by atoms with Crippen LogP contribution in [-0.4, -0.2) is 35.2 Å². The Bertz CT molecular complexity index is 138. The van der Waals surface area contributed by atoms with E-state index < -0.39 is 0 Å². The molecule has 1 fully saturated rings. The molecule has 0 radical (unpaired) electrons. The largest absolute Gasteiger partial charge is 0.394 e. The average Bonchev–Trinajstić information content (AvgIpc) is 2.30. The first-order chi connectivity index (χ1) is 4.79. The van der Waals surface area contributed by atoms with E-state index in [4.69, 9.17) is 10.8 Å². The Hall–Kier alpha value is -0.610. The number of aliphatic hydroxyl groups excluding tert-OH is 1. The van der Waals surface area contributed by atoms with Crippen molar-refractivity contribution in [3.63, 3.8) is 0 Å². The Morgan fingerprint density at radius 1 is 1.80 bits per heavy atom. The van der Waals surface area contributed by atoms with E-state index in [9.17, 15) is 4.79 Å². The maximum atomic E-state index is 10.9. The number of rotatable bonds is 2. The van der Waals surface area contributed by atoms with Gasteiger partial charge in [-0.15, -0.1) is 0 Å². The Balaban J connectivity index is 2.54. The molecule has 0 spiro atoms. The summed E-state index contributed by atoms with van der Waals surface area (Å²) in [6.07, 6.45) is 1.27. The molecule has 58 valence electrons. The van der Waals surface area contributed by atoms with Gasteiger partial charge in [-0.2, -0.15) is 0 Å². The SMILES string of the molecule is NCN1C(=O)CC[C@H]1CO. The zero-order valence-electron chi connectivity index (χ0n) is 5.79. The number of aliphatic hydroxyl groups is 1. The highest BCUT2D eigenvalue weighted by Crippen LogP contribution is 2.15. The molecule has 1 atom stereocenters. The third-order valence-corrected chi connectivity index (χ3v) is 1.86. The van der Waals surface area contributed by atoms with Crippen LogP contribution in [0.3, 0.4) is 0 Å². The molecule has 4 nitrogen and oxygen atoms in total. The second kappa shape index (κ2) is 2.98. The van der Waals surface area contributed by atoms with Crippen molar-refractivity contribution < 1.29 is 9.90 Å². The van der Waals surface area contributed by atoms with Gasteiger partial charge in [0.1, 0.15) is 0 Å². The van der Waals surface area contributed by atoms with Crippen molar-refractivity contribution in [1.82, 2.24) is 4.90 Å². The predicted molar refractivity (Wildman–Crippen MR) is 36.0 cm³/mol. The van der Waals surface area contributed by atoms with Crippen LogP contribution in [0.2, 0.25) is 0 Å². The third-order valence-electron chi connectivity index (χ3n) is 1.86. The highest BCUT2D eigenvalue weighted by Gasteiger charge is 2.28. The quantitative estimate of drug-likeness (QED) is 0.516. The third kappa shape index (κ3) is 1.12. The Morgan fingerprint density at radius 2 is 2.50 bits per heavy atom. The van der Waals surface area contributed by atoms with Gasteiger partial charge in [0.2, 0.25) is 5.91 Å². The Morgan fingerprint density at radius 3 is 2.90 bits per heavy atom. The lowest BCUT2D eigenvalue weighted by Crippen LogP contribution is -2.39. The average molecular weight is 144 g/mol. The normalized spacial score (nSPS) is 26.0. The summed E-state index contributed by atoms with van der Waals surface area (Å²) in [5.74, 6) is 0.0570. The van der Waals surface area contributed by atoms with Crippen LogP contribution in [0.5, 0.6) is 0 Å². The van der Waals surface area contributed by atoms with Gasteiger partial charge < -0.3 is 15.7 Å². The minimum absolute atomic E-state index is 0.0301. The maximum absolute atomic E-state index is 10.9. The number of amides is 1. The van der Waals surface area contributed by atoms with Crippen LogP contribution in [0, 0.1) is 0 Å². The van der Waals surface area contributed by atoms with Crippen molar-refractivity contribution in [2.45, 2.75) is 18.9 Å². The van der Waals surface area contributed by atoms with Crippen LogP contribution in [-0.2, 0) is 4.79 Å². The number of nitrogens with two attached hydrogens (primary N) is 1. The highest BCUT2D eigenvalue weighted by molar-refractivity contribution is 5.78. The smallest absolute Gasteiger partial charge is 0.223 e. The molecule has 0 aromatic rings. The molecular formula is C6H12N2O2. The topological polar surface area (TPSA) is 66.6 Å². The fourth-order valence-electron chi connectivity index (χ4n) is 1.23. The molecule has 10 heavy (non-hydrogen) atoms. The number of hydrogen-bond donors (Lipinski definition) is 2. The van der Waals surface area contributed by atoms with Gasteiger partial charge in [0.05, 0.1) is 19.3 Å². The number of carbonyl (C=O) groups is 1. The summed E-state index contributed by atoms with van der Waals surface area (Å²) in [5.41, 5.74) is 5.28. The van der Waals surface area contributed by atoms with Crippen molar-refractivity contribution in [2.24, 2.45) is 5.73 Å². The summed E-state index contributed by atoms with van der Waals surface area (Å²) in [7, 11) is 0. The summed E-state index contributed by atoms with van der Waals surface area (Å²) in [4.78, 5) is 12.4. The monoisotopic (exact) mass is 144 g/mol. The summed E-state index contributed by atoms with van der Waals surface area (Å²) >= 11 is 0. The molecule has 0 aliphatic carbocycles. The van der Waals surface area contributed by atoms with Crippen molar-refractivity contribution in [2.75, 3.05) is 13.3 Å². The van der Waals surface area contributed by atoms with Crippen molar-refractivity contribution >= 4 is 5.91 Å². The summed E-state index contributed by atoms with van der Waals surface area (Å²) in [6.45, 7) is 0.257. The van der Waals surface area contributed by atoms with Gasteiger partial charge in [0.25, 0.3) is 0 Å². The second-order valence-electron chi connectivity index (χ2n) is 2.42. The minimum atomic E-state index is -0.0301. The predicted octanol–water partition coefficient (Wildman–Crippen LogP) is -1.11. The van der Waals surface area contributed by atoms with Crippen molar-refractivity contribution in [3.8, 4) is 0 Å². The van der Waals surface area contributed by atoms with Crippen LogP contribution >= 0.6 is 0 Å². The molecule has 1 heterocycles. The van der Waals surface area contributed by atoms with E-state index in [1.165, 1.54) is 4.90 Å². The number of nitrogens with zero attached hydrogens (tertiary/aromatic N) is 1. The minimum Gasteiger partial charge on any atom is -0.394 e. The van der Waals surface area contributed by atoms with Gasteiger partial charge in [0, 0.05) is 6.42 Å². The molecular weight excluding hydrogens is 132 g/mol. The molecule has 0 unspecified atom stereocenters. The lowest BCUT2D eigenvalue weighted by Gasteiger charge is -2.20. The first kappa shape index (κ1) is 7.50. The lowest BCUT2D eigenvalue weighted by atomic mass is 10.2. The van der Waals surface area contributed by atoms with Gasteiger partial charge in [-0.05, 0) is 6.42 Å². The standard InChI is InChI=1S/C6H12N2O2/c7-4-8-5(3-9)1-2-6(8)10/h5,9H,1-4,7H2/t5-/m0/s1. The fraction of sp³-hybridized carbons (Fsp3) is 0.833. The molecule has 0 aromatic heterocycles. The van der Waals surface area contributed by atoms with Crippen LogP contribution in [0.4, 0.5) is 0 Å². The number of hydrogen-bond acceptors (Lipinski definition) is 3. The van der Waals surface area contributed by atoms with Gasteiger partial charge in [-0.1, -0.05) is 0 Å². The molecule has 0 aromatic carbocycles. The van der Waals surface area contributed by atoms with Crippen molar-refractivity contribution in [3.05, 3.63) is 0 Å². The van der Waals surface area contributed by atoms with E-state index in [2.05, 4.69) is 0 Å². The van der Waals surface area contributed by atoms with E-state index in [1.54, 1.807) is 0 Å². The van der Waals surface area contributed by atoms with E-state index >= 15 is 0 Å².